The van der Waals surface area contributed by atoms with Gasteiger partial charge >= 0.3 is 5.97 Å². The number of esters is 1. The van der Waals surface area contributed by atoms with E-state index < -0.39 is 12.0 Å². The van der Waals surface area contributed by atoms with E-state index in [4.69, 9.17) is 21.3 Å². The molecule has 2 heterocycles. The molecule has 1 amide bonds. The van der Waals surface area contributed by atoms with Crippen LogP contribution in [-0.4, -0.2) is 30.2 Å². The molecule has 0 radical (unpaired) electrons. The number of amides is 1. The fourth-order valence-corrected chi connectivity index (χ4v) is 4.77. The Labute approximate surface area is 186 Å². The molecular weight excluding hydrogens is 511 g/mol. The molecule has 0 saturated heterocycles. The fourth-order valence-electron chi connectivity index (χ4n) is 2.77. The van der Waals surface area contributed by atoms with Crippen molar-refractivity contribution in [3.05, 3.63) is 48.9 Å². The van der Waals surface area contributed by atoms with Crippen molar-refractivity contribution in [2.75, 3.05) is 11.9 Å². The van der Waals surface area contributed by atoms with Crippen LogP contribution in [-0.2, 0) is 14.3 Å². The van der Waals surface area contributed by atoms with Gasteiger partial charge in [0.15, 0.2) is 0 Å². The molecule has 0 fully saturated rings. The van der Waals surface area contributed by atoms with Crippen LogP contribution in [0.4, 0.5) is 5.00 Å². The van der Waals surface area contributed by atoms with Crippen molar-refractivity contribution in [3.8, 4) is 0 Å². The molecule has 2 aromatic rings. The van der Waals surface area contributed by atoms with Crippen LogP contribution in [0.3, 0.4) is 0 Å². The van der Waals surface area contributed by atoms with E-state index in [0.29, 0.717) is 17.3 Å². The quantitative estimate of drug-likeness (QED) is 0.434. The van der Waals surface area contributed by atoms with Gasteiger partial charge in [0.25, 0.3) is 0 Å². The predicted octanol–water partition coefficient (Wildman–Crippen LogP) is 5.06. The minimum Gasteiger partial charge on any atom is -0.465 e. The minimum atomic E-state index is -0.845. The lowest BCUT2D eigenvalue weighted by Crippen LogP contribution is -2.29. The Balaban J connectivity index is 2.01. The van der Waals surface area contributed by atoms with Gasteiger partial charge < -0.3 is 10.1 Å². The highest BCUT2D eigenvalue weighted by molar-refractivity contribution is 14.1. The lowest BCUT2D eigenvalue weighted by Gasteiger charge is -2.12. The van der Waals surface area contributed by atoms with E-state index in [-0.39, 0.29) is 18.2 Å². The summed E-state index contributed by atoms with van der Waals surface area (Å²) >= 11 is 9.79. The molecule has 0 bridgehead atoms. The topological polar surface area (TPSA) is 67.8 Å². The number of hydrogen-bond donors (Lipinski definition) is 1. The van der Waals surface area contributed by atoms with Gasteiger partial charge in [-0.15, -0.1) is 11.3 Å². The van der Waals surface area contributed by atoms with Gasteiger partial charge in [-0.25, -0.2) is 0 Å². The molecule has 3 rings (SSSR count). The van der Waals surface area contributed by atoms with Gasteiger partial charge in [-0.1, -0.05) is 37.6 Å². The Morgan fingerprint density at radius 3 is 2.68 bits per heavy atom. The highest BCUT2D eigenvalue weighted by Gasteiger charge is 2.31. The Morgan fingerprint density at radius 1 is 1.36 bits per heavy atom. The number of benzene rings is 1. The number of carbonyl (C=O) groups is 2. The third-order valence-electron chi connectivity index (χ3n) is 4.21. The molecule has 1 aromatic carbocycles. The summed E-state index contributed by atoms with van der Waals surface area (Å²) in [6.07, 6.45) is -0.0965. The first kappa shape index (κ1) is 21.3. The van der Waals surface area contributed by atoms with Gasteiger partial charge in [-0.2, -0.15) is 0 Å². The van der Waals surface area contributed by atoms with Crippen LogP contribution in [0, 0.1) is 15.7 Å². The predicted molar refractivity (Wildman–Crippen MR) is 122 cm³/mol. The first-order valence-electron chi connectivity index (χ1n) is 8.85. The van der Waals surface area contributed by atoms with Gasteiger partial charge in [0.2, 0.25) is 5.91 Å². The number of halogens is 2. The maximum Gasteiger partial charge on any atom is 0.308 e. The number of carbonyl (C=O) groups excluding carboxylic acids is 2. The van der Waals surface area contributed by atoms with Gasteiger partial charge in [0.05, 0.1) is 21.6 Å². The molecule has 28 heavy (non-hydrogen) atoms. The lowest BCUT2D eigenvalue weighted by atomic mass is 10.0. The Hall–Kier alpha value is -1.45. The summed E-state index contributed by atoms with van der Waals surface area (Å²) in [4.78, 5) is 29.7. The number of anilines is 1. The normalized spacial score (nSPS) is 16.3. The second-order valence-corrected chi connectivity index (χ2v) is 10.2. The first-order chi connectivity index (χ1) is 13.3. The van der Waals surface area contributed by atoms with E-state index in [2.05, 4.69) is 27.9 Å². The summed E-state index contributed by atoms with van der Waals surface area (Å²) in [6.45, 7) is 6.26. The van der Waals surface area contributed by atoms with Crippen molar-refractivity contribution >= 4 is 68.1 Å². The molecule has 8 heteroatoms. The molecule has 1 atom stereocenters. The summed E-state index contributed by atoms with van der Waals surface area (Å²) in [5, 5.41) is 4.31. The SMILES string of the molecule is Cc1c(I)sc2c1C(c1ccc(Cl)cc1)=N[C@@H](CC(=O)OCC(C)C)C(=O)N2. The second kappa shape index (κ2) is 8.92. The summed E-state index contributed by atoms with van der Waals surface area (Å²) in [5.74, 6) is -0.495. The van der Waals surface area contributed by atoms with Gasteiger partial charge in [0, 0.05) is 16.1 Å². The number of hydrogen-bond acceptors (Lipinski definition) is 5. The number of fused-ring (bicyclic) bond motifs is 1. The van der Waals surface area contributed by atoms with Gasteiger partial charge in [-0.05, 0) is 53.1 Å². The van der Waals surface area contributed by atoms with E-state index >= 15 is 0 Å². The van der Waals surface area contributed by atoms with Crippen molar-refractivity contribution in [2.45, 2.75) is 33.2 Å². The van der Waals surface area contributed by atoms with Crippen LogP contribution in [0.2, 0.25) is 5.02 Å². The Morgan fingerprint density at radius 2 is 2.04 bits per heavy atom. The van der Waals surface area contributed by atoms with Crippen molar-refractivity contribution in [2.24, 2.45) is 10.9 Å². The number of rotatable bonds is 5. The second-order valence-electron chi connectivity index (χ2n) is 6.98. The van der Waals surface area contributed by atoms with E-state index in [1.807, 2.05) is 32.9 Å². The molecule has 0 spiro atoms. The maximum absolute atomic E-state index is 12.8. The fraction of sp³-hybridized carbons (Fsp3) is 0.350. The van der Waals surface area contributed by atoms with Crippen molar-refractivity contribution < 1.29 is 14.3 Å². The summed E-state index contributed by atoms with van der Waals surface area (Å²) < 4.78 is 6.33. The highest BCUT2D eigenvalue weighted by Crippen LogP contribution is 2.37. The average molecular weight is 531 g/mol. The van der Waals surface area contributed by atoms with E-state index in [1.54, 1.807) is 12.1 Å². The Bertz CT molecular complexity index is 938. The minimum absolute atomic E-state index is 0.0965. The molecule has 0 saturated carbocycles. The van der Waals surface area contributed by atoms with Crippen LogP contribution in [0.1, 0.15) is 37.0 Å². The number of aliphatic imine (C=N–C) groups is 1. The molecular formula is C20H20ClIN2O3S. The zero-order chi connectivity index (χ0) is 20.4. The monoisotopic (exact) mass is 530 g/mol. The third kappa shape index (κ3) is 4.75. The summed E-state index contributed by atoms with van der Waals surface area (Å²) in [6, 6.07) is 6.48. The maximum atomic E-state index is 12.8. The molecule has 1 aliphatic heterocycles. The molecule has 1 aromatic heterocycles. The summed E-state index contributed by atoms with van der Waals surface area (Å²) in [5.41, 5.74) is 3.48. The molecule has 1 N–H and O–H groups in total. The van der Waals surface area contributed by atoms with Gasteiger partial charge in [0.1, 0.15) is 11.0 Å². The van der Waals surface area contributed by atoms with Crippen LogP contribution in [0.5, 0.6) is 0 Å². The molecule has 0 aliphatic carbocycles. The van der Waals surface area contributed by atoms with Crippen LogP contribution >= 0.6 is 45.5 Å². The largest absolute Gasteiger partial charge is 0.465 e. The van der Waals surface area contributed by atoms with Crippen LogP contribution in [0.15, 0.2) is 29.3 Å². The van der Waals surface area contributed by atoms with E-state index in [1.165, 1.54) is 11.3 Å². The number of nitrogens with one attached hydrogen (secondary N) is 1. The van der Waals surface area contributed by atoms with Gasteiger partial charge in [-0.3, -0.25) is 14.6 Å². The zero-order valence-corrected chi connectivity index (χ0v) is 19.4. The zero-order valence-electron chi connectivity index (χ0n) is 15.7. The highest BCUT2D eigenvalue weighted by atomic mass is 127. The Kier molecular flexibility index (Phi) is 6.77. The first-order valence-corrected chi connectivity index (χ1v) is 11.1. The van der Waals surface area contributed by atoms with Crippen LogP contribution < -0.4 is 5.32 Å². The summed E-state index contributed by atoms with van der Waals surface area (Å²) in [7, 11) is 0. The van der Waals surface area contributed by atoms with E-state index in [0.717, 1.165) is 24.6 Å². The number of ether oxygens (including phenoxy) is 1. The van der Waals surface area contributed by atoms with Crippen molar-refractivity contribution in [3.63, 3.8) is 0 Å². The number of thiophene rings is 1. The lowest BCUT2D eigenvalue weighted by molar-refractivity contribution is -0.146. The average Bonchev–Trinajstić information content (AvgIpc) is 2.83. The third-order valence-corrected chi connectivity index (χ3v) is 6.92. The van der Waals surface area contributed by atoms with Crippen LogP contribution in [0.25, 0.3) is 0 Å². The molecule has 148 valence electrons. The molecule has 0 unspecified atom stereocenters. The molecule has 1 aliphatic rings. The van der Waals surface area contributed by atoms with Crippen molar-refractivity contribution in [1.82, 2.24) is 0 Å². The molecule has 5 nitrogen and oxygen atoms in total. The van der Waals surface area contributed by atoms with Crippen molar-refractivity contribution in [1.29, 1.82) is 0 Å². The number of nitrogens with zero attached hydrogens (tertiary/aromatic N) is 1. The smallest absolute Gasteiger partial charge is 0.308 e. The van der Waals surface area contributed by atoms with E-state index in [9.17, 15) is 9.59 Å². The standard InChI is InChI=1S/C20H20ClIN2O3S/c1-10(2)9-27-15(25)8-14-19(26)24-20-16(11(3)18(22)28-20)17(23-14)12-4-6-13(21)7-5-12/h4-7,10,14H,8-9H2,1-3H3,(H,24,26)/t14-/m0/s1.